The highest BCUT2D eigenvalue weighted by Crippen LogP contribution is 2.56. The van der Waals surface area contributed by atoms with E-state index in [1.807, 2.05) is 30.3 Å². The Morgan fingerprint density at radius 2 is 1.68 bits per heavy atom. The van der Waals surface area contributed by atoms with E-state index in [9.17, 15) is 19.2 Å². The van der Waals surface area contributed by atoms with Crippen molar-refractivity contribution in [1.82, 2.24) is 14.9 Å². The number of para-hydroxylation sites is 2. The second kappa shape index (κ2) is 8.94. The van der Waals surface area contributed by atoms with Crippen LogP contribution in [0.2, 0.25) is 0 Å². The molecule has 4 aromatic rings. The average Bonchev–Trinajstić information content (AvgIpc) is 3.52. The fourth-order valence-corrected chi connectivity index (χ4v) is 7.01. The molecule has 4 atom stereocenters. The molecule has 1 spiro atoms. The number of carbonyl (C=O) groups excluding carboxylic acids is 3. The molecule has 0 saturated carbocycles. The van der Waals surface area contributed by atoms with Gasteiger partial charge in [0.05, 0.1) is 34.1 Å². The molecule has 2 fully saturated rings. The minimum Gasteiger partial charge on any atom is -0.427 e. The molecular weight excluding hydrogens is 520 g/mol. The largest absolute Gasteiger partial charge is 0.427 e. The summed E-state index contributed by atoms with van der Waals surface area (Å²) in [5.74, 6) is -1.61. The van der Waals surface area contributed by atoms with Gasteiger partial charge in [0.25, 0.3) is 5.56 Å². The number of hydrogen-bond donors (Lipinski definition) is 1. The predicted octanol–water partition coefficient (Wildman–Crippen LogP) is 3.69. The van der Waals surface area contributed by atoms with Gasteiger partial charge in [-0.1, -0.05) is 44.2 Å². The Hall–Kier alpha value is -4.63. The molecule has 0 bridgehead atoms. The van der Waals surface area contributed by atoms with Crippen LogP contribution in [0.25, 0.3) is 16.6 Å². The lowest BCUT2D eigenvalue weighted by Crippen LogP contribution is -2.50. The average molecular weight is 549 g/mol. The van der Waals surface area contributed by atoms with Crippen molar-refractivity contribution in [2.45, 2.75) is 38.8 Å². The molecule has 9 nitrogen and oxygen atoms in total. The molecule has 0 aliphatic carbocycles. The van der Waals surface area contributed by atoms with E-state index in [1.54, 1.807) is 47.0 Å². The van der Waals surface area contributed by atoms with Gasteiger partial charge in [0.2, 0.25) is 11.8 Å². The number of carbonyl (C=O) groups is 3. The summed E-state index contributed by atoms with van der Waals surface area (Å²) in [5.41, 5.74) is 0.967. The van der Waals surface area contributed by atoms with Gasteiger partial charge in [-0.05, 0) is 54.8 Å². The topological polar surface area (TPSA) is 111 Å². The van der Waals surface area contributed by atoms with E-state index >= 15 is 0 Å². The van der Waals surface area contributed by atoms with Gasteiger partial charge in [-0.15, -0.1) is 0 Å². The van der Waals surface area contributed by atoms with Crippen LogP contribution in [0.15, 0.2) is 77.6 Å². The van der Waals surface area contributed by atoms with Crippen molar-refractivity contribution in [3.05, 3.63) is 94.5 Å². The molecule has 1 N–H and O–H groups in total. The summed E-state index contributed by atoms with van der Waals surface area (Å²) in [4.78, 5) is 60.2. The number of amides is 2. The lowest BCUT2D eigenvalue weighted by molar-refractivity contribution is -0.132. The summed E-state index contributed by atoms with van der Waals surface area (Å²) in [7, 11) is 0. The van der Waals surface area contributed by atoms with Crippen LogP contribution < -0.4 is 20.5 Å². The first-order valence-electron chi connectivity index (χ1n) is 13.8. The summed E-state index contributed by atoms with van der Waals surface area (Å²) in [5, 5.41) is 4.21. The number of nitrogens with zero attached hydrogens (tertiary/aromatic N) is 3. The van der Waals surface area contributed by atoms with Crippen LogP contribution >= 0.6 is 0 Å². The molecule has 0 unspecified atom stereocenters. The van der Waals surface area contributed by atoms with Crippen molar-refractivity contribution in [2.75, 3.05) is 4.90 Å². The third kappa shape index (κ3) is 3.48. The van der Waals surface area contributed by atoms with E-state index in [4.69, 9.17) is 9.72 Å². The van der Waals surface area contributed by atoms with Crippen LogP contribution in [0.4, 0.5) is 5.69 Å². The van der Waals surface area contributed by atoms with E-state index < -0.39 is 23.3 Å². The second-order valence-corrected chi connectivity index (χ2v) is 11.4. The van der Waals surface area contributed by atoms with E-state index in [2.05, 4.69) is 19.2 Å². The maximum absolute atomic E-state index is 14.5. The smallest absolute Gasteiger partial charge is 0.308 e. The SMILES string of the molecule is CC(=O)Oc1ccc(N2C(=O)[C@@H]3[C@H](CC(C)C)N[C@]4(c5ccccc5-n5c4nc4ccccc4c5=O)[C@H]3C2=O)cc1. The third-order valence-corrected chi connectivity index (χ3v) is 8.44. The van der Waals surface area contributed by atoms with Crippen molar-refractivity contribution in [3.63, 3.8) is 0 Å². The molecule has 7 rings (SSSR count). The fourth-order valence-electron chi connectivity index (χ4n) is 7.01. The third-order valence-electron chi connectivity index (χ3n) is 8.44. The molecule has 1 aromatic heterocycles. The van der Waals surface area contributed by atoms with Crippen molar-refractivity contribution >= 4 is 34.4 Å². The van der Waals surface area contributed by atoms with E-state index in [1.165, 1.54) is 11.8 Å². The number of anilines is 1. The molecule has 2 saturated heterocycles. The van der Waals surface area contributed by atoms with Crippen LogP contribution in [0.3, 0.4) is 0 Å². The minimum absolute atomic E-state index is 0.213. The Balaban J connectivity index is 1.45. The van der Waals surface area contributed by atoms with Gasteiger partial charge in [0, 0.05) is 18.5 Å². The lowest BCUT2D eigenvalue weighted by Gasteiger charge is -2.32. The Morgan fingerprint density at radius 3 is 2.41 bits per heavy atom. The van der Waals surface area contributed by atoms with Gasteiger partial charge < -0.3 is 4.74 Å². The first-order chi connectivity index (χ1) is 19.7. The normalized spacial score (nSPS) is 24.3. The van der Waals surface area contributed by atoms with Crippen LogP contribution in [0.5, 0.6) is 5.75 Å². The molecule has 3 aliphatic rings. The van der Waals surface area contributed by atoms with Crippen LogP contribution in [0, 0.1) is 17.8 Å². The zero-order valence-electron chi connectivity index (χ0n) is 22.8. The molecule has 206 valence electrons. The molecule has 2 amide bonds. The van der Waals surface area contributed by atoms with Gasteiger partial charge in [0.15, 0.2) is 0 Å². The lowest BCUT2D eigenvalue weighted by atomic mass is 9.75. The van der Waals surface area contributed by atoms with Gasteiger partial charge in [-0.3, -0.25) is 29.1 Å². The van der Waals surface area contributed by atoms with Crippen LogP contribution in [-0.4, -0.2) is 33.4 Å². The Kier molecular flexibility index (Phi) is 5.53. The highest BCUT2D eigenvalue weighted by atomic mass is 16.5. The van der Waals surface area contributed by atoms with E-state index in [0.717, 1.165) is 5.56 Å². The predicted molar refractivity (Wildman–Crippen MR) is 152 cm³/mol. The Morgan fingerprint density at radius 1 is 0.976 bits per heavy atom. The summed E-state index contributed by atoms with van der Waals surface area (Å²) >= 11 is 0. The number of benzene rings is 3. The number of fused-ring (bicyclic) bond motifs is 8. The van der Waals surface area contributed by atoms with Crippen molar-refractivity contribution in [2.24, 2.45) is 17.8 Å². The zero-order chi connectivity index (χ0) is 28.6. The van der Waals surface area contributed by atoms with Gasteiger partial charge >= 0.3 is 5.97 Å². The second-order valence-electron chi connectivity index (χ2n) is 11.4. The molecular formula is C32H28N4O5. The Labute approximate surface area is 235 Å². The van der Waals surface area contributed by atoms with Crippen molar-refractivity contribution in [3.8, 4) is 11.4 Å². The highest BCUT2D eigenvalue weighted by molar-refractivity contribution is 6.23. The molecule has 0 radical (unpaired) electrons. The van der Waals surface area contributed by atoms with Crippen LogP contribution in [0.1, 0.15) is 38.6 Å². The molecule has 3 aromatic carbocycles. The fraction of sp³-hybridized carbons (Fsp3) is 0.281. The minimum atomic E-state index is -1.18. The summed E-state index contributed by atoms with van der Waals surface area (Å²) in [6, 6.07) is 20.7. The number of nitrogens with one attached hydrogen (secondary N) is 1. The number of esters is 1. The quantitative estimate of drug-likeness (QED) is 0.235. The van der Waals surface area contributed by atoms with Crippen molar-refractivity contribution < 1.29 is 19.1 Å². The molecule has 41 heavy (non-hydrogen) atoms. The van der Waals surface area contributed by atoms with Crippen LogP contribution in [-0.2, 0) is 19.9 Å². The summed E-state index contributed by atoms with van der Waals surface area (Å²) in [6.45, 7) is 5.48. The summed E-state index contributed by atoms with van der Waals surface area (Å²) in [6.07, 6.45) is 0.654. The monoisotopic (exact) mass is 548 g/mol. The Bertz CT molecular complexity index is 1830. The number of ether oxygens (including phenoxy) is 1. The molecule has 4 heterocycles. The zero-order valence-corrected chi connectivity index (χ0v) is 22.8. The van der Waals surface area contributed by atoms with E-state index in [-0.39, 0.29) is 29.3 Å². The first kappa shape index (κ1) is 25.3. The number of rotatable bonds is 4. The number of hydrogen-bond acceptors (Lipinski definition) is 7. The van der Waals surface area contributed by atoms with Crippen molar-refractivity contribution in [1.29, 1.82) is 0 Å². The number of aromatic nitrogens is 2. The standard InChI is InChI=1S/C32H28N4O5/c1-17(2)16-24-26-27(30(40)35(29(26)39)19-12-14-20(15-13-19)41-18(3)37)32(34-24)22-9-5-7-11-25(22)36-28(38)21-8-4-6-10-23(21)33-31(32)36/h4-15,17,24,26-27,34H,16H2,1-3H3/t24-,26+,27+,32+/m0/s1. The molecule has 3 aliphatic heterocycles. The first-order valence-corrected chi connectivity index (χ1v) is 13.8. The highest BCUT2D eigenvalue weighted by Gasteiger charge is 2.69. The summed E-state index contributed by atoms with van der Waals surface area (Å²) < 4.78 is 6.75. The van der Waals surface area contributed by atoms with E-state index in [0.29, 0.717) is 40.3 Å². The van der Waals surface area contributed by atoms with Gasteiger partial charge in [-0.2, -0.15) is 0 Å². The maximum atomic E-state index is 14.5. The maximum Gasteiger partial charge on any atom is 0.308 e. The van der Waals surface area contributed by atoms with Gasteiger partial charge in [-0.25, -0.2) is 9.88 Å². The molecule has 9 heteroatoms. The number of imide groups is 1. The van der Waals surface area contributed by atoms with Gasteiger partial charge in [0.1, 0.15) is 17.1 Å².